The maximum absolute atomic E-state index is 12.5. The second-order valence-corrected chi connectivity index (χ2v) is 9.45. The molecule has 0 unspecified atom stereocenters. The molecule has 10 heteroatoms. The van der Waals surface area contributed by atoms with Crippen LogP contribution in [0.25, 0.3) is 0 Å². The maximum Gasteiger partial charge on any atom is 0.257 e. The number of halogens is 1. The molecule has 2 aromatic carbocycles. The summed E-state index contributed by atoms with van der Waals surface area (Å²) in [5, 5.41) is 5.54. The molecule has 2 aromatic rings. The van der Waals surface area contributed by atoms with Crippen LogP contribution in [-0.4, -0.2) is 32.6 Å². The standard InChI is InChI=1S/C21H24BrN3O4S2/c1-3-5-13-29-19-11-6-15(14-18(19)22)20(26)25-21(30)24-16-7-9-17(10-8-16)31(27,28)23-12-4-2/h4,6-11,14,23H,2-3,5,12-13H2,1H3,(H2,24,25,26,30). The van der Waals surface area contributed by atoms with Gasteiger partial charge in [0.1, 0.15) is 5.75 Å². The topological polar surface area (TPSA) is 96.5 Å². The van der Waals surface area contributed by atoms with Crippen LogP contribution in [0, 0.1) is 0 Å². The van der Waals surface area contributed by atoms with Crippen LogP contribution in [-0.2, 0) is 10.0 Å². The molecule has 31 heavy (non-hydrogen) atoms. The van der Waals surface area contributed by atoms with Crippen molar-refractivity contribution in [2.24, 2.45) is 0 Å². The molecule has 0 aliphatic heterocycles. The Labute approximate surface area is 196 Å². The van der Waals surface area contributed by atoms with Crippen molar-refractivity contribution in [2.45, 2.75) is 24.7 Å². The lowest BCUT2D eigenvalue weighted by Crippen LogP contribution is -2.34. The Hall–Kier alpha value is -2.27. The van der Waals surface area contributed by atoms with Gasteiger partial charge in [-0.25, -0.2) is 13.1 Å². The van der Waals surface area contributed by atoms with E-state index < -0.39 is 10.0 Å². The molecular weight excluding hydrogens is 502 g/mol. The molecule has 0 heterocycles. The largest absolute Gasteiger partial charge is 0.492 e. The summed E-state index contributed by atoms with van der Waals surface area (Å²) in [6.45, 7) is 6.31. The van der Waals surface area contributed by atoms with Gasteiger partial charge in [-0.3, -0.25) is 10.1 Å². The molecule has 0 radical (unpaired) electrons. The Morgan fingerprint density at radius 3 is 2.55 bits per heavy atom. The fourth-order valence-electron chi connectivity index (χ4n) is 2.39. The number of ether oxygens (including phenoxy) is 1. The summed E-state index contributed by atoms with van der Waals surface area (Å²) in [4.78, 5) is 12.6. The van der Waals surface area contributed by atoms with Gasteiger partial charge in [0.25, 0.3) is 5.91 Å². The highest BCUT2D eigenvalue weighted by Gasteiger charge is 2.14. The van der Waals surface area contributed by atoms with Crippen LogP contribution in [0.4, 0.5) is 5.69 Å². The normalized spacial score (nSPS) is 10.9. The van der Waals surface area contributed by atoms with Crippen molar-refractivity contribution in [3.63, 3.8) is 0 Å². The molecule has 1 amide bonds. The van der Waals surface area contributed by atoms with E-state index in [2.05, 4.69) is 44.8 Å². The van der Waals surface area contributed by atoms with Crippen LogP contribution in [0.15, 0.2) is 64.5 Å². The van der Waals surface area contributed by atoms with Crippen molar-refractivity contribution in [3.05, 3.63) is 65.2 Å². The molecule has 0 aliphatic carbocycles. The molecule has 0 bridgehead atoms. The Bertz CT molecular complexity index is 1040. The third-order valence-electron chi connectivity index (χ3n) is 4.02. The minimum absolute atomic E-state index is 0.0878. The minimum atomic E-state index is -3.60. The van der Waals surface area contributed by atoms with Gasteiger partial charge in [-0.2, -0.15) is 0 Å². The second-order valence-electron chi connectivity index (χ2n) is 6.42. The van der Waals surface area contributed by atoms with Crippen LogP contribution in [0.2, 0.25) is 0 Å². The van der Waals surface area contributed by atoms with E-state index in [-0.39, 0.29) is 22.5 Å². The predicted molar refractivity (Wildman–Crippen MR) is 130 cm³/mol. The third kappa shape index (κ3) is 7.73. The molecule has 3 N–H and O–H groups in total. The average molecular weight is 526 g/mol. The fourth-order valence-corrected chi connectivity index (χ4v) is 4.09. The van der Waals surface area contributed by atoms with Crippen molar-refractivity contribution in [2.75, 3.05) is 18.5 Å². The molecule has 0 aliphatic rings. The first-order chi connectivity index (χ1) is 14.8. The van der Waals surface area contributed by atoms with Gasteiger partial charge in [0.05, 0.1) is 16.0 Å². The van der Waals surface area contributed by atoms with E-state index in [1.54, 1.807) is 30.3 Å². The van der Waals surface area contributed by atoms with E-state index in [0.29, 0.717) is 28.1 Å². The number of carbonyl (C=O) groups is 1. The zero-order valence-electron chi connectivity index (χ0n) is 17.0. The zero-order chi connectivity index (χ0) is 22.9. The summed E-state index contributed by atoms with van der Waals surface area (Å²) >= 11 is 8.60. The Kier molecular flexibility index (Phi) is 9.63. The zero-order valence-corrected chi connectivity index (χ0v) is 20.2. The highest BCUT2D eigenvalue weighted by Crippen LogP contribution is 2.26. The van der Waals surface area contributed by atoms with E-state index in [0.717, 1.165) is 12.8 Å². The fraction of sp³-hybridized carbons (Fsp3) is 0.238. The van der Waals surface area contributed by atoms with Gasteiger partial charge in [0.2, 0.25) is 10.0 Å². The minimum Gasteiger partial charge on any atom is -0.492 e. The molecule has 0 saturated carbocycles. The summed E-state index contributed by atoms with van der Waals surface area (Å²) in [5.41, 5.74) is 0.947. The van der Waals surface area contributed by atoms with Crippen molar-refractivity contribution >= 4 is 54.9 Å². The molecule has 7 nitrogen and oxygen atoms in total. The van der Waals surface area contributed by atoms with Crippen molar-refractivity contribution in [1.29, 1.82) is 0 Å². The Morgan fingerprint density at radius 2 is 1.94 bits per heavy atom. The lowest BCUT2D eigenvalue weighted by atomic mass is 10.2. The van der Waals surface area contributed by atoms with Gasteiger partial charge in [-0.05, 0) is 77.0 Å². The maximum atomic E-state index is 12.5. The van der Waals surface area contributed by atoms with Crippen LogP contribution >= 0.6 is 28.1 Å². The van der Waals surface area contributed by atoms with E-state index in [4.69, 9.17) is 17.0 Å². The van der Waals surface area contributed by atoms with Gasteiger partial charge in [0.15, 0.2) is 5.11 Å². The first-order valence-corrected chi connectivity index (χ1v) is 12.2. The molecule has 0 fully saturated rings. The van der Waals surface area contributed by atoms with E-state index in [1.165, 1.54) is 18.2 Å². The first kappa shape index (κ1) is 25.0. The van der Waals surface area contributed by atoms with Crippen LogP contribution in [0.3, 0.4) is 0 Å². The van der Waals surface area contributed by atoms with E-state index in [1.807, 2.05) is 0 Å². The number of unbranched alkanes of at least 4 members (excludes halogenated alkanes) is 1. The highest BCUT2D eigenvalue weighted by atomic mass is 79.9. The van der Waals surface area contributed by atoms with Crippen LogP contribution in [0.1, 0.15) is 30.1 Å². The smallest absolute Gasteiger partial charge is 0.257 e. The van der Waals surface area contributed by atoms with Crippen molar-refractivity contribution in [1.82, 2.24) is 10.0 Å². The lowest BCUT2D eigenvalue weighted by Gasteiger charge is -2.12. The number of hydrogen-bond donors (Lipinski definition) is 3. The Morgan fingerprint density at radius 1 is 1.23 bits per heavy atom. The first-order valence-electron chi connectivity index (χ1n) is 9.52. The van der Waals surface area contributed by atoms with Crippen molar-refractivity contribution < 1.29 is 17.9 Å². The summed E-state index contributed by atoms with van der Waals surface area (Å²) in [6, 6.07) is 11.0. The molecule has 0 atom stereocenters. The average Bonchev–Trinajstić information content (AvgIpc) is 2.73. The number of amides is 1. The van der Waals surface area contributed by atoms with Gasteiger partial charge in [0, 0.05) is 17.8 Å². The number of rotatable bonds is 10. The van der Waals surface area contributed by atoms with Gasteiger partial charge >= 0.3 is 0 Å². The number of hydrogen-bond acceptors (Lipinski definition) is 5. The molecular formula is C21H24BrN3O4S2. The number of sulfonamides is 1. The number of benzene rings is 2. The molecule has 0 spiro atoms. The number of anilines is 1. The summed E-state index contributed by atoms with van der Waals surface area (Å²) < 4.78 is 32.9. The summed E-state index contributed by atoms with van der Waals surface area (Å²) in [6.07, 6.45) is 3.44. The molecule has 166 valence electrons. The van der Waals surface area contributed by atoms with Gasteiger partial charge < -0.3 is 10.1 Å². The van der Waals surface area contributed by atoms with Crippen LogP contribution < -0.4 is 20.1 Å². The molecule has 0 saturated heterocycles. The number of nitrogens with one attached hydrogen (secondary N) is 3. The molecule has 2 rings (SSSR count). The van der Waals surface area contributed by atoms with Gasteiger partial charge in [-0.1, -0.05) is 19.4 Å². The van der Waals surface area contributed by atoms with E-state index >= 15 is 0 Å². The number of carbonyl (C=O) groups excluding carboxylic acids is 1. The third-order valence-corrected chi connectivity index (χ3v) is 6.28. The van der Waals surface area contributed by atoms with E-state index in [9.17, 15) is 13.2 Å². The second kappa shape index (κ2) is 11.9. The van der Waals surface area contributed by atoms with Crippen molar-refractivity contribution in [3.8, 4) is 5.75 Å². The summed E-state index contributed by atoms with van der Waals surface area (Å²) in [7, 11) is -3.60. The lowest BCUT2D eigenvalue weighted by molar-refractivity contribution is 0.0977. The predicted octanol–water partition coefficient (Wildman–Crippen LogP) is 4.22. The monoisotopic (exact) mass is 525 g/mol. The quantitative estimate of drug-likeness (QED) is 0.244. The molecule has 0 aromatic heterocycles. The Balaban J connectivity index is 1.95. The SMILES string of the molecule is C=CCNS(=O)(=O)c1ccc(NC(=S)NC(=O)c2ccc(OCCCC)c(Br)c2)cc1. The van der Waals surface area contributed by atoms with Crippen LogP contribution in [0.5, 0.6) is 5.75 Å². The summed E-state index contributed by atoms with van der Waals surface area (Å²) in [5.74, 6) is 0.287. The van der Waals surface area contributed by atoms with Gasteiger partial charge in [-0.15, -0.1) is 6.58 Å². The highest BCUT2D eigenvalue weighted by molar-refractivity contribution is 9.10. The number of thiocarbonyl (C=S) groups is 1.